The van der Waals surface area contributed by atoms with Gasteiger partial charge in [-0.15, -0.1) is 0 Å². The SMILES string of the molecule is Nc1cccc(F)c1N1CCCC(N)C1. The fourth-order valence-electron chi connectivity index (χ4n) is 2.08. The lowest BCUT2D eigenvalue weighted by Crippen LogP contribution is -2.43. The Labute approximate surface area is 88.9 Å². The number of nitrogens with zero attached hydrogens (tertiary/aromatic N) is 1. The van der Waals surface area contributed by atoms with Crippen LogP contribution in [0.15, 0.2) is 18.2 Å². The molecule has 82 valence electrons. The monoisotopic (exact) mass is 209 g/mol. The normalized spacial score (nSPS) is 21.7. The Morgan fingerprint density at radius 3 is 2.87 bits per heavy atom. The Kier molecular flexibility index (Phi) is 2.77. The molecule has 15 heavy (non-hydrogen) atoms. The Hall–Kier alpha value is -1.29. The third kappa shape index (κ3) is 2.04. The minimum atomic E-state index is -0.260. The lowest BCUT2D eigenvalue weighted by atomic mass is 10.1. The van der Waals surface area contributed by atoms with E-state index in [0.29, 0.717) is 17.9 Å². The first kappa shape index (κ1) is 10.2. The van der Waals surface area contributed by atoms with Crippen LogP contribution in [0.5, 0.6) is 0 Å². The maximum Gasteiger partial charge on any atom is 0.148 e. The molecule has 1 fully saturated rings. The molecule has 1 heterocycles. The van der Waals surface area contributed by atoms with Crippen LogP contribution < -0.4 is 16.4 Å². The molecular weight excluding hydrogens is 193 g/mol. The van der Waals surface area contributed by atoms with Crippen LogP contribution in [0.25, 0.3) is 0 Å². The molecule has 1 atom stereocenters. The zero-order valence-corrected chi connectivity index (χ0v) is 8.62. The summed E-state index contributed by atoms with van der Waals surface area (Å²) < 4.78 is 13.6. The molecule has 1 aromatic carbocycles. The lowest BCUT2D eigenvalue weighted by Gasteiger charge is -2.33. The van der Waals surface area contributed by atoms with Gasteiger partial charge in [0.05, 0.1) is 11.4 Å². The summed E-state index contributed by atoms with van der Waals surface area (Å²) in [5.41, 5.74) is 12.6. The summed E-state index contributed by atoms with van der Waals surface area (Å²) in [5.74, 6) is -0.260. The second-order valence-electron chi connectivity index (χ2n) is 4.03. The molecule has 1 unspecified atom stereocenters. The van der Waals surface area contributed by atoms with Crippen molar-refractivity contribution in [3.8, 4) is 0 Å². The van der Waals surface area contributed by atoms with E-state index in [0.717, 1.165) is 19.4 Å². The first-order valence-electron chi connectivity index (χ1n) is 5.23. The van der Waals surface area contributed by atoms with Crippen molar-refractivity contribution < 1.29 is 4.39 Å². The number of para-hydroxylation sites is 1. The number of halogens is 1. The zero-order valence-electron chi connectivity index (χ0n) is 8.62. The molecule has 0 aromatic heterocycles. The molecule has 3 nitrogen and oxygen atoms in total. The summed E-state index contributed by atoms with van der Waals surface area (Å²) >= 11 is 0. The van der Waals surface area contributed by atoms with Crippen LogP contribution in [-0.4, -0.2) is 19.1 Å². The molecule has 4 heteroatoms. The van der Waals surface area contributed by atoms with Crippen molar-refractivity contribution in [2.75, 3.05) is 23.7 Å². The van der Waals surface area contributed by atoms with Crippen molar-refractivity contribution in [1.82, 2.24) is 0 Å². The van der Waals surface area contributed by atoms with E-state index in [2.05, 4.69) is 0 Å². The van der Waals surface area contributed by atoms with Crippen molar-refractivity contribution in [3.05, 3.63) is 24.0 Å². The molecule has 1 saturated heterocycles. The van der Waals surface area contributed by atoms with Gasteiger partial charge in [-0.1, -0.05) is 6.07 Å². The number of nitrogens with two attached hydrogens (primary N) is 2. The third-order valence-corrected chi connectivity index (χ3v) is 2.79. The average molecular weight is 209 g/mol. The van der Waals surface area contributed by atoms with Crippen LogP contribution in [0.3, 0.4) is 0 Å². The number of rotatable bonds is 1. The highest BCUT2D eigenvalue weighted by Crippen LogP contribution is 2.28. The van der Waals surface area contributed by atoms with Crippen LogP contribution >= 0.6 is 0 Å². The minimum absolute atomic E-state index is 0.123. The predicted molar refractivity (Wildman–Crippen MR) is 60.2 cm³/mol. The summed E-state index contributed by atoms with van der Waals surface area (Å²) in [6.45, 7) is 1.52. The lowest BCUT2D eigenvalue weighted by molar-refractivity contribution is 0.498. The Morgan fingerprint density at radius 1 is 1.40 bits per heavy atom. The molecular formula is C11H16FN3. The molecule has 1 aliphatic rings. The van der Waals surface area contributed by atoms with Gasteiger partial charge in [0.1, 0.15) is 5.82 Å². The first-order chi connectivity index (χ1) is 7.18. The van der Waals surface area contributed by atoms with E-state index < -0.39 is 0 Å². The van der Waals surface area contributed by atoms with Gasteiger partial charge in [0, 0.05) is 19.1 Å². The van der Waals surface area contributed by atoms with Crippen molar-refractivity contribution in [3.63, 3.8) is 0 Å². The molecule has 0 bridgehead atoms. The Balaban J connectivity index is 2.28. The Bertz CT molecular complexity index is 333. The second kappa shape index (κ2) is 4.06. The molecule has 1 aliphatic heterocycles. The maximum atomic E-state index is 13.6. The van der Waals surface area contributed by atoms with Gasteiger partial charge in [-0.3, -0.25) is 0 Å². The van der Waals surface area contributed by atoms with E-state index in [1.165, 1.54) is 6.07 Å². The smallest absolute Gasteiger partial charge is 0.148 e. The quantitative estimate of drug-likeness (QED) is 0.686. The fourth-order valence-corrected chi connectivity index (χ4v) is 2.08. The number of anilines is 2. The molecule has 0 radical (unpaired) electrons. The van der Waals surface area contributed by atoms with Gasteiger partial charge in [0.15, 0.2) is 0 Å². The highest BCUT2D eigenvalue weighted by Gasteiger charge is 2.20. The molecule has 0 spiro atoms. The van der Waals surface area contributed by atoms with E-state index in [9.17, 15) is 4.39 Å². The molecule has 0 aliphatic carbocycles. The highest BCUT2D eigenvalue weighted by atomic mass is 19.1. The minimum Gasteiger partial charge on any atom is -0.397 e. The number of hydrogen-bond acceptors (Lipinski definition) is 3. The van der Waals surface area contributed by atoms with Gasteiger partial charge in [0.2, 0.25) is 0 Å². The van der Waals surface area contributed by atoms with E-state index in [-0.39, 0.29) is 11.9 Å². The maximum absolute atomic E-state index is 13.6. The van der Waals surface area contributed by atoms with Gasteiger partial charge in [-0.25, -0.2) is 4.39 Å². The highest BCUT2D eigenvalue weighted by molar-refractivity contribution is 5.68. The van der Waals surface area contributed by atoms with Crippen molar-refractivity contribution in [2.24, 2.45) is 5.73 Å². The van der Waals surface area contributed by atoms with Crippen LogP contribution in [-0.2, 0) is 0 Å². The predicted octanol–water partition coefficient (Wildman–Crippen LogP) is 1.34. The average Bonchev–Trinajstić information content (AvgIpc) is 2.17. The molecule has 2 rings (SSSR count). The van der Waals surface area contributed by atoms with Gasteiger partial charge in [0.25, 0.3) is 0 Å². The van der Waals surface area contributed by atoms with Gasteiger partial charge < -0.3 is 16.4 Å². The summed E-state index contributed by atoms with van der Waals surface area (Å²) in [4.78, 5) is 1.94. The molecule has 1 aromatic rings. The number of nitrogen functional groups attached to an aromatic ring is 1. The fraction of sp³-hybridized carbons (Fsp3) is 0.455. The van der Waals surface area contributed by atoms with Crippen molar-refractivity contribution in [1.29, 1.82) is 0 Å². The molecule has 0 saturated carbocycles. The number of piperidine rings is 1. The number of benzene rings is 1. The van der Waals surface area contributed by atoms with Crippen LogP contribution in [0, 0.1) is 5.82 Å². The van der Waals surface area contributed by atoms with E-state index in [1.54, 1.807) is 12.1 Å². The van der Waals surface area contributed by atoms with Crippen molar-refractivity contribution >= 4 is 11.4 Å². The standard InChI is InChI=1S/C11H16FN3/c12-9-4-1-5-10(14)11(9)15-6-2-3-8(13)7-15/h1,4-5,8H,2-3,6-7,13-14H2. The van der Waals surface area contributed by atoms with E-state index in [4.69, 9.17) is 11.5 Å². The molecule has 0 amide bonds. The topological polar surface area (TPSA) is 55.3 Å². The Morgan fingerprint density at radius 2 is 2.20 bits per heavy atom. The largest absolute Gasteiger partial charge is 0.397 e. The summed E-state index contributed by atoms with van der Waals surface area (Å²) in [6, 6.07) is 4.90. The van der Waals surface area contributed by atoms with E-state index in [1.807, 2.05) is 4.90 Å². The number of hydrogen-bond donors (Lipinski definition) is 2. The summed E-state index contributed by atoms with van der Waals surface area (Å²) in [6.07, 6.45) is 2.00. The van der Waals surface area contributed by atoms with E-state index >= 15 is 0 Å². The van der Waals surface area contributed by atoms with Gasteiger partial charge in [-0.2, -0.15) is 0 Å². The summed E-state index contributed by atoms with van der Waals surface area (Å²) in [7, 11) is 0. The van der Waals surface area contributed by atoms with Gasteiger partial charge in [-0.05, 0) is 25.0 Å². The van der Waals surface area contributed by atoms with Crippen LogP contribution in [0.4, 0.5) is 15.8 Å². The zero-order chi connectivity index (χ0) is 10.8. The van der Waals surface area contributed by atoms with Crippen LogP contribution in [0.2, 0.25) is 0 Å². The van der Waals surface area contributed by atoms with Crippen LogP contribution in [0.1, 0.15) is 12.8 Å². The third-order valence-electron chi connectivity index (χ3n) is 2.79. The molecule has 4 N–H and O–H groups in total. The summed E-state index contributed by atoms with van der Waals surface area (Å²) in [5, 5.41) is 0. The van der Waals surface area contributed by atoms with Gasteiger partial charge >= 0.3 is 0 Å². The second-order valence-corrected chi connectivity index (χ2v) is 4.03. The van der Waals surface area contributed by atoms with Crippen molar-refractivity contribution in [2.45, 2.75) is 18.9 Å². The first-order valence-corrected chi connectivity index (χ1v) is 5.23.